The molecule has 1 amide bonds. The highest BCUT2D eigenvalue weighted by molar-refractivity contribution is 7.11. The predicted octanol–water partition coefficient (Wildman–Crippen LogP) is 2.92. The lowest BCUT2D eigenvalue weighted by atomic mass is 10.2. The van der Waals surface area contributed by atoms with Crippen LogP contribution in [0.3, 0.4) is 0 Å². The Morgan fingerprint density at radius 3 is 2.72 bits per heavy atom. The maximum absolute atomic E-state index is 12.1. The Kier molecular flexibility index (Phi) is 3.56. The molecule has 1 saturated heterocycles. The van der Waals surface area contributed by atoms with Gasteiger partial charge in [0.15, 0.2) is 0 Å². The van der Waals surface area contributed by atoms with Gasteiger partial charge in [0.25, 0.3) is 0 Å². The number of rotatable bonds is 1. The van der Waals surface area contributed by atoms with Crippen molar-refractivity contribution in [3.63, 3.8) is 0 Å². The maximum atomic E-state index is 12.1. The molecule has 100 valence electrons. The number of likely N-dealkylation sites (tertiary alicyclic amines) is 1. The minimum atomic E-state index is -0.457. The molecule has 1 atom stereocenters. The van der Waals surface area contributed by atoms with Gasteiger partial charge in [0, 0.05) is 6.54 Å². The molecule has 0 saturated carbocycles. The second-order valence-electron chi connectivity index (χ2n) is 5.49. The second-order valence-corrected chi connectivity index (χ2v) is 6.70. The van der Waals surface area contributed by atoms with Crippen molar-refractivity contribution in [1.82, 2.24) is 15.1 Å². The van der Waals surface area contributed by atoms with Gasteiger partial charge in [-0.25, -0.2) is 4.79 Å². The van der Waals surface area contributed by atoms with Crippen LogP contribution in [0, 0.1) is 6.92 Å². The summed E-state index contributed by atoms with van der Waals surface area (Å²) in [6, 6.07) is 0.0334. The molecule has 0 aromatic carbocycles. The Hall–Kier alpha value is -1.17. The predicted molar refractivity (Wildman–Crippen MR) is 69.6 cm³/mol. The summed E-state index contributed by atoms with van der Waals surface area (Å²) < 4.78 is 5.42. The number of aromatic nitrogens is 2. The first-order valence-corrected chi connectivity index (χ1v) is 6.98. The zero-order valence-corrected chi connectivity index (χ0v) is 12.1. The van der Waals surface area contributed by atoms with E-state index in [0.29, 0.717) is 0 Å². The number of carbonyl (C=O) groups excluding carboxylic acids is 1. The summed E-state index contributed by atoms with van der Waals surface area (Å²) in [6.07, 6.45) is 1.68. The quantitative estimate of drug-likeness (QED) is 0.786. The first-order chi connectivity index (χ1) is 8.37. The molecule has 6 heteroatoms. The van der Waals surface area contributed by atoms with Crippen LogP contribution in [-0.2, 0) is 4.74 Å². The fourth-order valence-corrected chi connectivity index (χ4v) is 2.86. The monoisotopic (exact) mass is 269 g/mol. The Labute approximate surface area is 111 Å². The lowest BCUT2D eigenvalue weighted by Gasteiger charge is -2.27. The van der Waals surface area contributed by atoms with Crippen LogP contribution in [0.5, 0.6) is 0 Å². The van der Waals surface area contributed by atoms with E-state index < -0.39 is 5.60 Å². The van der Waals surface area contributed by atoms with Crippen LogP contribution in [0.15, 0.2) is 0 Å². The van der Waals surface area contributed by atoms with Gasteiger partial charge in [0.05, 0.1) is 6.04 Å². The minimum absolute atomic E-state index is 0.0334. The Bertz CT molecular complexity index is 439. The van der Waals surface area contributed by atoms with Gasteiger partial charge in [-0.1, -0.05) is 11.3 Å². The maximum Gasteiger partial charge on any atom is 0.410 e. The highest BCUT2D eigenvalue weighted by atomic mass is 32.1. The molecule has 0 unspecified atom stereocenters. The number of nitrogens with zero attached hydrogens (tertiary/aromatic N) is 3. The summed E-state index contributed by atoms with van der Waals surface area (Å²) in [5.41, 5.74) is -0.457. The molecular formula is C12H19N3O2S. The molecule has 0 aliphatic carbocycles. The van der Waals surface area contributed by atoms with E-state index in [1.54, 1.807) is 16.2 Å². The minimum Gasteiger partial charge on any atom is -0.444 e. The molecule has 1 aromatic heterocycles. The van der Waals surface area contributed by atoms with E-state index in [1.165, 1.54) is 0 Å². The summed E-state index contributed by atoms with van der Waals surface area (Å²) in [5, 5.41) is 10.0. The van der Waals surface area contributed by atoms with Crippen molar-refractivity contribution in [2.45, 2.75) is 52.2 Å². The van der Waals surface area contributed by atoms with Crippen molar-refractivity contribution in [3.05, 3.63) is 10.0 Å². The lowest BCUT2D eigenvalue weighted by Crippen LogP contribution is -2.36. The van der Waals surface area contributed by atoms with Gasteiger partial charge >= 0.3 is 6.09 Å². The normalized spacial score (nSPS) is 20.2. The summed E-state index contributed by atoms with van der Waals surface area (Å²) in [4.78, 5) is 13.9. The van der Waals surface area contributed by atoms with E-state index in [4.69, 9.17) is 4.74 Å². The van der Waals surface area contributed by atoms with Crippen molar-refractivity contribution in [2.24, 2.45) is 0 Å². The SMILES string of the molecule is Cc1nnc([C@@H]2CCCN2C(=O)OC(C)(C)C)s1. The van der Waals surface area contributed by atoms with Crippen molar-refractivity contribution >= 4 is 17.4 Å². The first kappa shape index (κ1) is 13.3. The largest absolute Gasteiger partial charge is 0.444 e. The molecule has 2 heterocycles. The van der Waals surface area contributed by atoms with Gasteiger partial charge in [0.1, 0.15) is 15.6 Å². The molecule has 1 aliphatic rings. The third-order valence-electron chi connectivity index (χ3n) is 2.71. The van der Waals surface area contributed by atoms with Crippen molar-refractivity contribution in [1.29, 1.82) is 0 Å². The average molecular weight is 269 g/mol. The first-order valence-electron chi connectivity index (χ1n) is 6.16. The van der Waals surface area contributed by atoms with Crippen molar-refractivity contribution < 1.29 is 9.53 Å². The Balaban J connectivity index is 2.10. The summed E-state index contributed by atoms with van der Waals surface area (Å²) in [7, 11) is 0. The molecule has 1 fully saturated rings. The third-order valence-corrected chi connectivity index (χ3v) is 3.65. The van der Waals surface area contributed by atoms with Crippen LogP contribution in [-0.4, -0.2) is 33.3 Å². The highest BCUT2D eigenvalue weighted by Crippen LogP contribution is 2.34. The van der Waals surface area contributed by atoms with Gasteiger partial charge in [-0.05, 0) is 40.5 Å². The molecule has 0 bridgehead atoms. The third kappa shape index (κ3) is 2.98. The van der Waals surface area contributed by atoms with Gasteiger partial charge in [0.2, 0.25) is 0 Å². The molecule has 5 nitrogen and oxygen atoms in total. The van der Waals surface area contributed by atoms with E-state index in [9.17, 15) is 4.79 Å². The van der Waals surface area contributed by atoms with Gasteiger partial charge in [-0.3, -0.25) is 4.90 Å². The number of amides is 1. The molecule has 0 spiro atoms. The average Bonchev–Trinajstić information content (AvgIpc) is 2.81. The molecule has 1 aliphatic heterocycles. The number of carbonyl (C=O) groups is 1. The van der Waals surface area contributed by atoms with Crippen LogP contribution in [0.2, 0.25) is 0 Å². The zero-order valence-electron chi connectivity index (χ0n) is 11.3. The molecule has 0 N–H and O–H groups in total. The second kappa shape index (κ2) is 4.84. The molecule has 0 radical (unpaired) electrons. The highest BCUT2D eigenvalue weighted by Gasteiger charge is 2.34. The van der Waals surface area contributed by atoms with Crippen LogP contribution in [0.25, 0.3) is 0 Å². The van der Waals surface area contributed by atoms with Crippen molar-refractivity contribution in [3.8, 4) is 0 Å². The topological polar surface area (TPSA) is 55.3 Å². The van der Waals surface area contributed by atoms with Gasteiger partial charge in [-0.2, -0.15) is 0 Å². The molecular weight excluding hydrogens is 250 g/mol. The van der Waals surface area contributed by atoms with Crippen LogP contribution >= 0.6 is 11.3 Å². The molecule has 1 aromatic rings. The molecule has 2 rings (SSSR count). The number of hydrogen-bond donors (Lipinski definition) is 0. The number of aryl methyl sites for hydroxylation is 1. The van der Waals surface area contributed by atoms with E-state index in [-0.39, 0.29) is 12.1 Å². The van der Waals surface area contributed by atoms with Gasteiger partial charge < -0.3 is 4.74 Å². The van der Waals surface area contributed by atoms with Gasteiger partial charge in [-0.15, -0.1) is 10.2 Å². The van der Waals surface area contributed by atoms with Crippen LogP contribution < -0.4 is 0 Å². The van der Waals surface area contributed by atoms with E-state index in [0.717, 1.165) is 29.4 Å². The van der Waals surface area contributed by atoms with Crippen LogP contribution in [0.1, 0.15) is 49.7 Å². The Morgan fingerprint density at radius 2 is 2.17 bits per heavy atom. The standard InChI is InChI=1S/C12H19N3O2S/c1-8-13-14-10(18-8)9-6-5-7-15(9)11(16)17-12(2,3)4/h9H,5-7H2,1-4H3/t9-/m0/s1. The fraction of sp³-hybridized carbons (Fsp3) is 0.750. The zero-order chi connectivity index (χ0) is 13.3. The van der Waals surface area contributed by atoms with Crippen LogP contribution in [0.4, 0.5) is 4.79 Å². The van der Waals surface area contributed by atoms with E-state index in [1.807, 2.05) is 27.7 Å². The summed E-state index contributed by atoms with van der Waals surface area (Å²) >= 11 is 1.55. The fourth-order valence-electron chi connectivity index (χ4n) is 2.01. The summed E-state index contributed by atoms with van der Waals surface area (Å²) in [6.45, 7) is 8.30. The number of ether oxygens (including phenoxy) is 1. The van der Waals surface area contributed by atoms with Crippen molar-refractivity contribution in [2.75, 3.05) is 6.54 Å². The number of hydrogen-bond acceptors (Lipinski definition) is 5. The lowest BCUT2D eigenvalue weighted by molar-refractivity contribution is 0.0224. The smallest absolute Gasteiger partial charge is 0.410 e. The van der Waals surface area contributed by atoms with E-state index in [2.05, 4.69) is 10.2 Å². The Morgan fingerprint density at radius 1 is 1.44 bits per heavy atom. The van der Waals surface area contributed by atoms with E-state index >= 15 is 0 Å². The molecule has 18 heavy (non-hydrogen) atoms. The summed E-state index contributed by atoms with van der Waals surface area (Å²) in [5.74, 6) is 0.